The summed E-state index contributed by atoms with van der Waals surface area (Å²) in [5, 5.41) is 0. The highest BCUT2D eigenvalue weighted by Crippen LogP contribution is 2.40. The summed E-state index contributed by atoms with van der Waals surface area (Å²) in [6.07, 6.45) is 3.21. The van der Waals surface area contributed by atoms with Crippen LogP contribution in [0.5, 0.6) is 0 Å². The second-order valence-corrected chi connectivity index (χ2v) is 8.74. The third kappa shape index (κ3) is 4.13. The van der Waals surface area contributed by atoms with Crippen LogP contribution in [0.2, 0.25) is 0 Å². The van der Waals surface area contributed by atoms with Gasteiger partial charge in [0, 0.05) is 19.6 Å². The highest BCUT2D eigenvalue weighted by Gasteiger charge is 2.43. The summed E-state index contributed by atoms with van der Waals surface area (Å²) in [7, 11) is -3.18. The summed E-state index contributed by atoms with van der Waals surface area (Å²) in [4.78, 5) is 0. The Balaban J connectivity index is 2.77. The van der Waals surface area contributed by atoms with Crippen LogP contribution in [0.1, 0.15) is 40.0 Å². The van der Waals surface area contributed by atoms with Gasteiger partial charge in [-0.3, -0.25) is 0 Å². The molecule has 0 aliphatic carbocycles. The molecule has 0 amide bonds. The summed E-state index contributed by atoms with van der Waals surface area (Å²) >= 11 is 0. The number of sulfonamides is 1. The van der Waals surface area contributed by atoms with Gasteiger partial charge in [0.1, 0.15) is 5.67 Å². The summed E-state index contributed by atoms with van der Waals surface area (Å²) in [5.41, 5.74) is 3.65. The van der Waals surface area contributed by atoms with E-state index in [1.807, 2.05) is 20.8 Å². The van der Waals surface area contributed by atoms with Gasteiger partial charge in [0.25, 0.3) is 0 Å². The molecule has 0 aromatic rings. The van der Waals surface area contributed by atoms with Crippen molar-refractivity contribution in [2.75, 3.05) is 25.9 Å². The van der Waals surface area contributed by atoms with E-state index in [9.17, 15) is 12.8 Å². The van der Waals surface area contributed by atoms with Crippen LogP contribution < -0.4 is 5.73 Å². The van der Waals surface area contributed by atoms with Crippen LogP contribution in [0.4, 0.5) is 4.39 Å². The Bertz CT molecular complexity index is 405. The monoisotopic (exact) mass is 294 g/mol. The molecule has 6 heteroatoms. The maximum absolute atomic E-state index is 14.9. The molecule has 1 fully saturated rings. The zero-order valence-corrected chi connectivity index (χ0v) is 13.3. The molecule has 1 heterocycles. The molecule has 1 rings (SSSR count). The Hall–Kier alpha value is -0.200. The lowest BCUT2D eigenvalue weighted by atomic mass is 9.72. The second kappa shape index (κ2) is 5.66. The van der Waals surface area contributed by atoms with Gasteiger partial charge >= 0.3 is 0 Å². The van der Waals surface area contributed by atoms with E-state index in [0.717, 1.165) is 12.8 Å². The van der Waals surface area contributed by atoms with E-state index >= 15 is 0 Å². The summed E-state index contributed by atoms with van der Waals surface area (Å²) in [6.45, 7) is 6.48. The van der Waals surface area contributed by atoms with Crippen molar-refractivity contribution in [1.29, 1.82) is 0 Å². The fourth-order valence-corrected chi connectivity index (χ4v) is 3.59. The molecule has 1 saturated heterocycles. The van der Waals surface area contributed by atoms with Gasteiger partial charge in [-0.05, 0) is 30.6 Å². The van der Waals surface area contributed by atoms with Crippen LogP contribution in [0, 0.1) is 11.3 Å². The first-order valence-corrected chi connectivity index (χ1v) is 8.68. The molecule has 1 aliphatic heterocycles. The van der Waals surface area contributed by atoms with Crippen molar-refractivity contribution < 1.29 is 12.8 Å². The van der Waals surface area contributed by atoms with E-state index in [0.29, 0.717) is 19.5 Å². The third-order valence-electron chi connectivity index (χ3n) is 4.23. The normalized spacial score (nSPS) is 26.1. The minimum atomic E-state index is -3.18. The summed E-state index contributed by atoms with van der Waals surface area (Å²) in [5.74, 6) is 0.0521. The third-order valence-corrected chi connectivity index (χ3v) is 5.50. The van der Waals surface area contributed by atoms with Crippen molar-refractivity contribution in [3.8, 4) is 0 Å². The zero-order valence-electron chi connectivity index (χ0n) is 12.4. The van der Waals surface area contributed by atoms with Crippen LogP contribution in [0.25, 0.3) is 0 Å². The topological polar surface area (TPSA) is 63.4 Å². The van der Waals surface area contributed by atoms with Gasteiger partial charge in [-0.15, -0.1) is 0 Å². The van der Waals surface area contributed by atoms with E-state index in [1.54, 1.807) is 0 Å². The summed E-state index contributed by atoms with van der Waals surface area (Å²) < 4.78 is 39.5. The Morgan fingerprint density at radius 2 is 1.95 bits per heavy atom. The summed E-state index contributed by atoms with van der Waals surface area (Å²) in [6, 6.07) is 0. The van der Waals surface area contributed by atoms with Crippen LogP contribution in [-0.4, -0.2) is 44.3 Å². The number of alkyl halides is 1. The van der Waals surface area contributed by atoms with Gasteiger partial charge in [-0.2, -0.15) is 0 Å². The van der Waals surface area contributed by atoms with Crippen molar-refractivity contribution in [2.45, 2.75) is 45.7 Å². The molecular formula is C13H27FN2O2S. The Morgan fingerprint density at radius 3 is 2.37 bits per heavy atom. The standard InChI is InChI=1S/C13H27FN2O2S/c1-12(2,3)13(14,10-15)8-11-6-5-7-16(9-11)19(4,17)18/h11H,5-10,15H2,1-4H3. The van der Waals surface area contributed by atoms with Gasteiger partial charge in [-0.25, -0.2) is 17.1 Å². The quantitative estimate of drug-likeness (QED) is 0.859. The molecule has 2 N–H and O–H groups in total. The predicted molar refractivity (Wildman–Crippen MR) is 76.1 cm³/mol. The average molecular weight is 294 g/mol. The Morgan fingerprint density at radius 1 is 1.37 bits per heavy atom. The first-order chi connectivity index (χ1) is 8.49. The van der Waals surface area contributed by atoms with Crippen molar-refractivity contribution >= 4 is 10.0 Å². The molecule has 2 atom stereocenters. The molecule has 2 unspecified atom stereocenters. The Labute approximate surface area is 116 Å². The molecule has 1 aliphatic rings. The van der Waals surface area contributed by atoms with Crippen molar-refractivity contribution in [3.63, 3.8) is 0 Å². The number of nitrogens with zero attached hydrogens (tertiary/aromatic N) is 1. The van der Waals surface area contributed by atoms with Crippen LogP contribution in [0.15, 0.2) is 0 Å². The molecule has 19 heavy (non-hydrogen) atoms. The van der Waals surface area contributed by atoms with E-state index in [1.165, 1.54) is 10.6 Å². The fourth-order valence-electron chi connectivity index (χ4n) is 2.65. The highest BCUT2D eigenvalue weighted by molar-refractivity contribution is 7.88. The number of hydrogen-bond acceptors (Lipinski definition) is 3. The molecule has 4 nitrogen and oxygen atoms in total. The van der Waals surface area contributed by atoms with Crippen molar-refractivity contribution in [3.05, 3.63) is 0 Å². The van der Waals surface area contributed by atoms with Crippen molar-refractivity contribution in [1.82, 2.24) is 4.31 Å². The molecule has 114 valence electrons. The largest absolute Gasteiger partial charge is 0.328 e. The maximum Gasteiger partial charge on any atom is 0.211 e. The first-order valence-electron chi connectivity index (χ1n) is 6.84. The Kier molecular flexibility index (Phi) is 5.02. The van der Waals surface area contributed by atoms with Gasteiger partial charge in [0.15, 0.2) is 0 Å². The SMILES string of the molecule is CC(C)(C)C(F)(CN)CC1CCCN(S(C)(=O)=O)C1. The van der Waals surface area contributed by atoms with Crippen LogP contribution in [0.3, 0.4) is 0 Å². The van der Waals surface area contributed by atoms with E-state index < -0.39 is 21.1 Å². The minimum absolute atomic E-state index is 0.0219. The molecule has 0 aromatic heterocycles. The van der Waals surface area contributed by atoms with Gasteiger partial charge in [-0.1, -0.05) is 20.8 Å². The zero-order chi connectivity index (χ0) is 14.9. The number of nitrogens with two attached hydrogens (primary N) is 1. The second-order valence-electron chi connectivity index (χ2n) is 6.75. The van der Waals surface area contributed by atoms with E-state index in [2.05, 4.69) is 0 Å². The molecule has 0 aromatic carbocycles. The number of rotatable bonds is 4. The minimum Gasteiger partial charge on any atom is -0.328 e. The number of halogens is 1. The molecule has 0 spiro atoms. The average Bonchev–Trinajstić information content (AvgIpc) is 2.26. The first kappa shape index (κ1) is 16.9. The van der Waals surface area contributed by atoms with Gasteiger partial charge in [0.2, 0.25) is 10.0 Å². The van der Waals surface area contributed by atoms with Crippen LogP contribution in [-0.2, 0) is 10.0 Å². The van der Waals surface area contributed by atoms with Gasteiger partial charge < -0.3 is 5.73 Å². The number of hydrogen-bond donors (Lipinski definition) is 1. The molecular weight excluding hydrogens is 267 g/mol. The van der Waals surface area contributed by atoms with Crippen molar-refractivity contribution in [2.24, 2.45) is 17.1 Å². The molecule has 0 radical (unpaired) electrons. The maximum atomic E-state index is 14.9. The van der Waals surface area contributed by atoms with E-state index in [4.69, 9.17) is 5.73 Å². The lowest BCUT2D eigenvalue weighted by molar-refractivity contribution is 0.00602. The van der Waals surface area contributed by atoms with Gasteiger partial charge in [0.05, 0.1) is 6.26 Å². The lowest BCUT2D eigenvalue weighted by Gasteiger charge is -2.41. The predicted octanol–water partition coefficient (Wildman–Crippen LogP) is 1.76. The number of piperidine rings is 1. The highest BCUT2D eigenvalue weighted by atomic mass is 32.2. The lowest BCUT2D eigenvalue weighted by Crippen LogP contribution is -2.49. The smallest absolute Gasteiger partial charge is 0.211 e. The fraction of sp³-hybridized carbons (Fsp3) is 1.00. The molecule has 0 saturated carbocycles. The van der Waals surface area contributed by atoms with Crippen LogP contribution >= 0.6 is 0 Å². The van der Waals surface area contributed by atoms with E-state index in [-0.39, 0.29) is 12.5 Å². The molecule has 0 bridgehead atoms.